The Morgan fingerprint density at radius 2 is 2.17 bits per heavy atom. The Kier molecular flexibility index (Phi) is 7.23. The minimum absolute atomic E-state index is 0.263. The smallest absolute Gasteiger partial charge is 0.305 e. The monoisotopic (exact) mass is 259 g/mol. The summed E-state index contributed by atoms with van der Waals surface area (Å²) >= 11 is 0. The molecule has 106 valence electrons. The van der Waals surface area contributed by atoms with Gasteiger partial charge < -0.3 is 19.5 Å². The van der Waals surface area contributed by atoms with E-state index < -0.39 is 6.10 Å². The van der Waals surface area contributed by atoms with Gasteiger partial charge in [-0.1, -0.05) is 0 Å². The molecule has 0 saturated carbocycles. The Morgan fingerprint density at radius 1 is 1.50 bits per heavy atom. The lowest BCUT2D eigenvalue weighted by molar-refractivity contribution is -0.141. The molecule has 0 bridgehead atoms. The molecule has 1 unspecified atom stereocenters. The van der Waals surface area contributed by atoms with Crippen molar-refractivity contribution < 1.29 is 19.4 Å². The molecule has 1 atom stereocenters. The summed E-state index contributed by atoms with van der Waals surface area (Å²) in [5.74, 6) is 0.401. The van der Waals surface area contributed by atoms with Crippen LogP contribution in [0.25, 0.3) is 0 Å². The molecular weight excluding hydrogens is 234 g/mol. The minimum Gasteiger partial charge on any atom is -0.469 e. The van der Waals surface area contributed by atoms with Gasteiger partial charge >= 0.3 is 5.97 Å². The number of carbonyl (C=O) groups excluding carboxylic acids is 1. The third-order valence-electron chi connectivity index (χ3n) is 3.34. The van der Waals surface area contributed by atoms with Crippen molar-refractivity contribution in [1.29, 1.82) is 0 Å². The van der Waals surface area contributed by atoms with Crippen LogP contribution >= 0.6 is 0 Å². The first-order valence-electron chi connectivity index (χ1n) is 6.63. The summed E-state index contributed by atoms with van der Waals surface area (Å²) in [6, 6.07) is 0. The quantitative estimate of drug-likeness (QED) is 0.681. The standard InChI is InChI=1S/C13H25NO4/c1-14(9-11-5-7-18-8-6-11)10-12(15)3-4-13(16)17-2/h11-12,15H,3-10H2,1-2H3. The van der Waals surface area contributed by atoms with Crippen molar-refractivity contribution >= 4 is 5.97 Å². The zero-order valence-corrected chi connectivity index (χ0v) is 11.4. The predicted octanol–water partition coefficient (Wildman–Crippen LogP) is 0.659. The van der Waals surface area contributed by atoms with Crippen molar-refractivity contribution in [2.45, 2.75) is 31.8 Å². The van der Waals surface area contributed by atoms with Gasteiger partial charge in [0.1, 0.15) is 0 Å². The van der Waals surface area contributed by atoms with Gasteiger partial charge in [0.2, 0.25) is 0 Å². The fourth-order valence-corrected chi connectivity index (χ4v) is 2.28. The van der Waals surface area contributed by atoms with Crippen molar-refractivity contribution in [2.75, 3.05) is 40.5 Å². The van der Waals surface area contributed by atoms with Crippen LogP contribution in [0.4, 0.5) is 0 Å². The van der Waals surface area contributed by atoms with Gasteiger partial charge in [-0.05, 0) is 32.2 Å². The van der Waals surface area contributed by atoms with E-state index >= 15 is 0 Å². The summed E-state index contributed by atoms with van der Waals surface area (Å²) in [6.07, 6.45) is 2.48. The molecular formula is C13H25NO4. The number of aliphatic hydroxyl groups is 1. The van der Waals surface area contributed by atoms with Crippen LogP contribution in [-0.2, 0) is 14.3 Å². The molecule has 1 fully saturated rings. The van der Waals surface area contributed by atoms with Gasteiger partial charge in [-0.2, -0.15) is 0 Å². The van der Waals surface area contributed by atoms with E-state index in [0.717, 1.165) is 32.6 Å². The summed E-state index contributed by atoms with van der Waals surface area (Å²) in [6.45, 7) is 3.29. The molecule has 0 aliphatic carbocycles. The molecule has 0 aromatic carbocycles. The Morgan fingerprint density at radius 3 is 2.78 bits per heavy atom. The molecule has 1 N–H and O–H groups in total. The van der Waals surface area contributed by atoms with Crippen LogP contribution < -0.4 is 0 Å². The van der Waals surface area contributed by atoms with E-state index in [0.29, 0.717) is 18.9 Å². The van der Waals surface area contributed by atoms with Crippen molar-refractivity contribution in [3.63, 3.8) is 0 Å². The molecule has 0 aromatic heterocycles. The Bertz CT molecular complexity index is 241. The summed E-state index contributed by atoms with van der Waals surface area (Å²) in [5, 5.41) is 9.82. The molecule has 18 heavy (non-hydrogen) atoms. The first-order chi connectivity index (χ1) is 8.61. The number of aliphatic hydroxyl groups excluding tert-OH is 1. The lowest BCUT2D eigenvalue weighted by atomic mass is 10.00. The van der Waals surface area contributed by atoms with Gasteiger partial charge in [0.25, 0.3) is 0 Å². The van der Waals surface area contributed by atoms with Crippen LogP contribution in [0.3, 0.4) is 0 Å². The van der Waals surface area contributed by atoms with E-state index in [2.05, 4.69) is 9.64 Å². The zero-order chi connectivity index (χ0) is 13.4. The number of methoxy groups -OCH3 is 1. The van der Waals surface area contributed by atoms with E-state index in [1.165, 1.54) is 7.11 Å². The Labute approximate surface area is 109 Å². The van der Waals surface area contributed by atoms with Crippen molar-refractivity contribution in [3.8, 4) is 0 Å². The minimum atomic E-state index is -0.464. The number of carbonyl (C=O) groups is 1. The van der Waals surface area contributed by atoms with E-state index in [9.17, 15) is 9.90 Å². The van der Waals surface area contributed by atoms with Gasteiger partial charge in [0.05, 0.1) is 13.2 Å². The third-order valence-corrected chi connectivity index (χ3v) is 3.34. The maximum atomic E-state index is 11.0. The van der Waals surface area contributed by atoms with Gasteiger partial charge in [0.15, 0.2) is 0 Å². The molecule has 1 saturated heterocycles. The highest BCUT2D eigenvalue weighted by Crippen LogP contribution is 2.15. The number of rotatable bonds is 7. The second kappa shape index (κ2) is 8.45. The molecule has 1 rings (SSSR count). The van der Waals surface area contributed by atoms with E-state index in [4.69, 9.17) is 4.74 Å². The molecule has 1 heterocycles. The van der Waals surface area contributed by atoms with Crippen LogP contribution in [-0.4, -0.2) is 62.5 Å². The highest BCUT2D eigenvalue weighted by atomic mass is 16.5. The molecule has 0 radical (unpaired) electrons. The van der Waals surface area contributed by atoms with Gasteiger partial charge in [-0.3, -0.25) is 4.79 Å². The lowest BCUT2D eigenvalue weighted by Crippen LogP contribution is -2.35. The molecule has 0 spiro atoms. The maximum absolute atomic E-state index is 11.0. The molecule has 1 aliphatic heterocycles. The number of nitrogens with zero attached hydrogens (tertiary/aromatic N) is 1. The first-order valence-corrected chi connectivity index (χ1v) is 6.63. The van der Waals surface area contributed by atoms with Crippen LogP contribution in [0.5, 0.6) is 0 Å². The number of hydrogen-bond acceptors (Lipinski definition) is 5. The average Bonchev–Trinajstić information content (AvgIpc) is 2.37. The number of ether oxygens (including phenoxy) is 2. The summed E-state index contributed by atoms with van der Waals surface area (Å²) in [5.41, 5.74) is 0. The Balaban J connectivity index is 2.13. The number of likely N-dealkylation sites (N-methyl/N-ethyl adjacent to an activating group) is 1. The van der Waals surface area contributed by atoms with Crippen LogP contribution in [0, 0.1) is 5.92 Å². The second-order valence-electron chi connectivity index (χ2n) is 5.05. The number of hydrogen-bond donors (Lipinski definition) is 1. The fraction of sp³-hybridized carbons (Fsp3) is 0.923. The molecule has 0 aromatic rings. The van der Waals surface area contributed by atoms with Crippen molar-refractivity contribution in [2.24, 2.45) is 5.92 Å². The molecule has 1 aliphatic rings. The van der Waals surface area contributed by atoms with E-state index in [1.807, 2.05) is 7.05 Å². The van der Waals surface area contributed by atoms with E-state index in [1.54, 1.807) is 0 Å². The van der Waals surface area contributed by atoms with Crippen molar-refractivity contribution in [3.05, 3.63) is 0 Å². The highest BCUT2D eigenvalue weighted by Gasteiger charge is 2.17. The zero-order valence-electron chi connectivity index (χ0n) is 11.4. The SMILES string of the molecule is COC(=O)CCC(O)CN(C)CC1CCOCC1. The second-order valence-corrected chi connectivity index (χ2v) is 5.05. The summed E-state index contributed by atoms with van der Waals surface area (Å²) in [4.78, 5) is 13.1. The largest absolute Gasteiger partial charge is 0.469 e. The van der Waals surface area contributed by atoms with E-state index in [-0.39, 0.29) is 12.4 Å². The summed E-state index contributed by atoms with van der Waals surface area (Å²) < 4.78 is 9.87. The van der Waals surface area contributed by atoms with Crippen LogP contribution in [0.15, 0.2) is 0 Å². The van der Waals surface area contributed by atoms with Crippen LogP contribution in [0.1, 0.15) is 25.7 Å². The number of esters is 1. The third kappa shape index (κ3) is 6.33. The normalized spacial score (nSPS) is 18.9. The predicted molar refractivity (Wildman–Crippen MR) is 68.3 cm³/mol. The average molecular weight is 259 g/mol. The molecule has 0 amide bonds. The fourth-order valence-electron chi connectivity index (χ4n) is 2.28. The summed E-state index contributed by atoms with van der Waals surface area (Å²) in [7, 11) is 3.38. The lowest BCUT2D eigenvalue weighted by Gasteiger charge is -2.28. The molecule has 5 heteroatoms. The maximum Gasteiger partial charge on any atom is 0.305 e. The van der Waals surface area contributed by atoms with Gasteiger partial charge in [0, 0.05) is 32.7 Å². The topological polar surface area (TPSA) is 59.0 Å². The first kappa shape index (κ1) is 15.4. The van der Waals surface area contributed by atoms with Crippen molar-refractivity contribution in [1.82, 2.24) is 4.90 Å². The highest BCUT2D eigenvalue weighted by molar-refractivity contribution is 5.69. The Hall–Kier alpha value is -0.650. The van der Waals surface area contributed by atoms with Gasteiger partial charge in [-0.15, -0.1) is 0 Å². The van der Waals surface area contributed by atoms with Crippen LogP contribution in [0.2, 0.25) is 0 Å². The van der Waals surface area contributed by atoms with Gasteiger partial charge in [-0.25, -0.2) is 0 Å². The molecule has 5 nitrogen and oxygen atoms in total.